The van der Waals surface area contributed by atoms with Crippen molar-refractivity contribution in [3.63, 3.8) is 0 Å². The van der Waals surface area contributed by atoms with E-state index in [1.807, 2.05) is 0 Å². The number of carbonyl (C=O) groups excluding carboxylic acids is 2. The van der Waals surface area contributed by atoms with Crippen molar-refractivity contribution in [2.75, 3.05) is 39.3 Å². The van der Waals surface area contributed by atoms with Crippen LogP contribution in [0.1, 0.15) is 12.8 Å². The van der Waals surface area contributed by atoms with Gasteiger partial charge in [-0.3, -0.25) is 9.69 Å². The Balaban J connectivity index is 1.54. The summed E-state index contributed by atoms with van der Waals surface area (Å²) in [5, 5.41) is 3.50. The van der Waals surface area contributed by atoms with E-state index in [9.17, 15) is 9.59 Å². The van der Waals surface area contributed by atoms with Crippen molar-refractivity contribution in [1.29, 1.82) is 0 Å². The van der Waals surface area contributed by atoms with Crippen molar-refractivity contribution >= 4 is 12.0 Å². The molecule has 3 aliphatic heterocycles. The number of cyclic esters (lactones) is 1. The van der Waals surface area contributed by atoms with Crippen LogP contribution >= 0.6 is 0 Å². The summed E-state index contributed by atoms with van der Waals surface area (Å²) in [7, 11) is 0. The van der Waals surface area contributed by atoms with Gasteiger partial charge in [0.25, 0.3) is 0 Å². The molecule has 3 saturated heterocycles. The maximum atomic E-state index is 12.0. The third-order valence-electron chi connectivity index (χ3n) is 4.10. The van der Waals surface area contributed by atoms with E-state index in [-0.39, 0.29) is 5.91 Å². The number of fused-ring (bicyclic) bond motifs is 1. The fourth-order valence-electron chi connectivity index (χ4n) is 3.16. The first kappa shape index (κ1) is 11.9. The number of nitrogens with zero attached hydrogens (tertiary/aromatic N) is 2. The summed E-state index contributed by atoms with van der Waals surface area (Å²) in [6.45, 7) is 4.03. The summed E-state index contributed by atoms with van der Waals surface area (Å²) >= 11 is 0. The van der Waals surface area contributed by atoms with E-state index >= 15 is 0 Å². The second kappa shape index (κ2) is 4.85. The number of piperidine rings is 1. The molecule has 0 spiro atoms. The van der Waals surface area contributed by atoms with E-state index < -0.39 is 6.09 Å². The van der Waals surface area contributed by atoms with Crippen LogP contribution in [0, 0.1) is 5.92 Å². The number of ether oxygens (including phenoxy) is 1. The molecule has 3 rings (SSSR count). The van der Waals surface area contributed by atoms with Crippen molar-refractivity contribution in [2.45, 2.75) is 18.9 Å². The standard InChI is InChI=1S/C12H19N3O3/c16-11(15-4-5-18-12(15)17)8-14-6-9-2-1-3-13-10(9)7-14/h9-10,13H,1-8H2. The molecule has 3 aliphatic rings. The Labute approximate surface area is 106 Å². The smallest absolute Gasteiger partial charge is 0.416 e. The molecule has 0 aromatic heterocycles. The van der Waals surface area contributed by atoms with E-state index in [1.165, 1.54) is 17.7 Å². The highest BCUT2D eigenvalue weighted by Crippen LogP contribution is 2.24. The van der Waals surface area contributed by atoms with E-state index in [0.717, 1.165) is 19.6 Å². The molecule has 2 atom stereocenters. The molecular formula is C12H19N3O3. The van der Waals surface area contributed by atoms with E-state index in [1.54, 1.807) is 0 Å². The molecule has 18 heavy (non-hydrogen) atoms. The van der Waals surface area contributed by atoms with E-state index in [2.05, 4.69) is 10.2 Å². The van der Waals surface area contributed by atoms with Gasteiger partial charge in [0.05, 0.1) is 13.1 Å². The van der Waals surface area contributed by atoms with Crippen LogP contribution in [0.25, 0.3) is 0 Å². The van der Waals surface area contributed by atoms with Gasteiger partial charge in [-0.15, -0.1) is 0 Å². The Morgan fingerprint density at radius 1 is 1.44 bits per heavy atom. The summed E-state index contributed by atoms with van der Waals surface area (Å²) in [4.78, 5) is 26.6. The summed E-state index contributed by atoms with van der Waals surface area (Å²) in [6, 6.07) is 0.525. The highest BCUT2D eigenvalue weighted by atomic mass is 16.6. The molecule has 0 saturated carbocycles. The summed E-state index contributed by atoms with van der Waals surface area (Å²) < 4.78 is 4.78. The lowest BCUT2D eigenvalue weighted by atomic mass is 9.94. The highest BCUT2D eigenvalue weighted by molar-refractivity contribution is 5.94. The Kier molecular flexibility index (Phi) is 3.22. The number of carbonyl (C=O) groups is 2. The highest BCUT2D eigenvalue weighted by Gasteiger charge is 2.36. The van der Waals surface area contributed by atoms with Gasteiger partial charge in [0.15, 0.2) is 0 Å². The van der Waals surface area contributed by atoms with Gasteiger partial charge >= 0.3 is 6.09 Å². The average Bonchev–Trinajstić information content (AvgIpc) is 2.94. The third kappa shape index (κ3) is 2.22. The minimum atomic E-state index is -0.491. The van der Waals surface area contributed by atoms with Crippen molar-refractivity contribution in [3.8, 4) is 0 Å². The van der Waals surface area contributed by atoms with Crippen LogP contribution in [0.3, 0.4) is 0 Å². The molecule has 0 aliphatic carbocycles. The lowest BCUT2D eigenvalue weighted by Crippen LogP contribution is -2.42. The monoisotopic (exact) mass is 253 g/mol. The molecule has 100 valence electrons. The van der Waals surface area contributed by atoms with Gasteiger partial charge in [0, 0.05) is 19.1 Å². The lowest BCUT2D eigenvalue weighted by molar-refractivity contribution is -0.128. The van der Waals surface area contributed by atoms with Crippen LogP contribution in [0.4, 0.5) is 4.79 Å². The molecule has 6 nitrogen and oxygen atoms in total. The van der Waals surface area contributed by atoms with Gasteiger partial charge in [-0.05, 0) is 25.3 Å². The van der Waals surface area contributed by atoms with Crippen LogP contribution in [-0.4, -0.2) is 67.2 Å². The van der Waals surface area contributed by atoms with Crippen LogP contribution in [0.5, 0.6) is 0 Å². The summed E-state index contributed by atoms with van der Waals surface area (Å²) in [5.74, 6) is 0.535. The van der Waals surface area contributed by atoms with E-state index in [0.29, 0.717) is 31.7 Å². The van der Waals surface area contributed by atoms with Gasteiger partial charge in [-0.2, -0.15) is 0 Å². The molecule has 0 bridgehead atoms. The zero-order valence-electron chi connectivity index (χ0n) is 10.4. The average molecular weight is 253 g/mol. The first-order chi connectivity index (χ1) is 8.74. The molecule has 0 aromatic rings. The number of likely N-dealkylation sites (tertiary alicyclic amines) is 1. The van der Waals surface area contributed by atoms with Crippen molar-refractivity contribution in [3.05, 3.63) is 0 Å². The predicted molar refractivity (Wildman–Crippen MR) is 64.0 cm³/mol. The molecular weight excluding hydrogens is 234 g/mol. The Morgan fingerprint density at radius 3 is 3.06 bits per heavy atom. The minimum Gasteiger partial charge on any atom is -0.447 e. The second-order valence-electron chi connectivity index (χ2n) is 5.32. The molecule has 0 radical (unpaired) electrons. The number of hydrogen-bond donors (Lipinski definition) is 1. The number of nitrogens with one attached hydrogen (secondary N) is 1. The fourth-order valence-corrected chi connectivity index (χ4v) is 3.16. The van der Waals surface area contributed by atoms with Gasteiger partial charge in [-0.25, -0.2) is 9.69 Å². The number of amides is 2. The number of rotatable bonds is 2. The maximum Gasteiger partial charge on any atom is 0.416 e. The van der Waals surface area contributed by atoms with Crippen LogP contribution in [-0.2, 0) is 9.53 Å². The lowest BCUT2D eigenvalue weighted by Gasteiger charge is -2.24. The fraction of sp³-hybridized carbons (Fsp3) is 0.833. The zero-order valence-corrected chi connectivity index (χ0v) is 10.4. The summed E-state index contributed by atoms with van der Waals surface area (Å²) in [5.41, 5.74) is 0. The van der Waals surface area contributed by atoms with E-state index in [4.69, 9.17) is 4.74 Å². The second-order valence-corrected chi connectivity index (χ2v) is 5.32. The molecule has 3 fully saturated rings. The van der Waals surface area contributed by atoms with Crippen molar-refractivity contribution in [2.24, 2.45) is 5.92 Å². The molecule has 2 amide bonds. The van der Waals surface area contributed by atoms with Crippen LogP contribution in [0.2, 0.25) is 0 Å². The predicted octanol–water partition coefficient (Wildman–Crippen LogP) is -0.351. The first-order valence-electron chi connectivity index (χ1n) is 6.67. The normalized spacial score (nSPS) is 32.4. The summed E-state index contributed by atoms with van der Waals surface area (Å²) in [6.07, 6.45) is 1.98. The number of imide groups is 1. The third-order valence-corrected chi connectivity index (χ3v) is 4.10. The zero-order chi connectivity index (χ0) is 12.5. The quantitative estimate of drug-likeness (QED) is 0.729. The van der Waals surface area contributed by atoms with Gasteiger partial charge in [0.2, 0.25) is 5.91 Å². The SMILES string of the molecule is O=C(CN1CC2CCCNC2C1)N1CCOC1=O. The van der Waals surface area contributed by atoms with Crippen molar-refractivity contribution in [1.82, 2.24) is 15.1 Å². The molecule has 1 N–H and O–H groups in total. The topological polar surface area (TPSA) is 61.9 Å². The van der Waals surface area contributed by atoms with Crippen LogP contribution < -0.4 is 5.32 Å². The molecule has 6 heteroatoms. The first-order valence-corrected chi connectivity index (χ1v) is 6.67. The van der Waals surface area contributed by atoms with Crippen molar-refractivity contribution < 1.29 is 14.3 Å². The largest absolute Gasteiger partial charge is 0.447 e. The van der Waals surface area contributed by atoms with Crippen LogP contribution in [0.15, 0.2) is 0 Å². The van der Waals surface area contributed by atoms with Gasteiger partial charge in [0.1, 0.15) is 6.61 Å². The Morgan fingerprint density at radius 2 is 2.33 bits per heavy atom. The van der Waals surface area contributed by atoms with Gasteiger partial charge < -0.3 is 10.1 Å². The molecule has 3 heterocycles. The molecule has 0 aromatic carbocycles. The maximum absolute atomic E-state index is 12.0. The minimum absolute atomic E-state index is 0.129. The number of hydrogen-bond acceptors (Lipinski definition) is 5. The molecule has 2 unspecified atom stereocenters. The Bertz CT molecular complexity index is 346. The van der Waals surface area contributed by atoms with Gasteiger partial charge in [-0.1, -0.05) is 0 Å². The Hall–Kier alpha value is -1.14.